The Morgan fingerprint density at radius 1 is 1.67 bits per heavy atom. The molecule has 52 valence electrons. The van der Waals surface area contributed by atoms with Gasteiger partial charge < -0.3 is 5.73 Å². The van der Waals surface area contributed by atoms with Gasteiger partial charge in [0.15, 0.2) is 0 Å². The monoisotopic (exact) mass is 135 g/mol. The van der Waals surface area contributed by atoms with E-state index in [0.29, 0.717) is 0 Å². The van der Waals surface area contributed by atoms with Gasteiger partial charge in [0.05, 0.1) is 0 Å². The number of carbonyl (C=O) groups excluding carboxylic acids is 1. The van der Waals surface area contributed by atoms with Gasteiger partial charge in [-0.2, -0.15) is 0 Å². The highest BCUT2D eigenvalue weighted by Gasteiger charge is 2.47. The van der Waals surface area contributed by atoms with E-state index in [1.165, 1.54) is 0 Å². The van der Waals surface area contributed by atoms with E-state index in [1.54, 1.807) is 0 Å². The van der Waals surface area contributed by atoms with Crippen LogP contribution in [0.25, 0.3) is 0 Å². The molecule has 2 nitrogen and oxygen atoms in total. The smallest absolute Gasteiger partial charge is 0.242 e. The van der Waals surface area contributed by atoms with Gasteiger partial charge in [-0.15, -0.1) is 0 Å². The van der Waals surface area contributed by atoms with Crippen molar-refractivity contribution in [2.75, 3.05) is 0 Å². The van der Waals surface area contributed by atoms with Gasteiger partial charge in [0.1, 0.15) is 0 Å². The first kappa shape index (κ1) is 6.45. The minimum Gasteiger partial charge on any atom is -0.369 e. The predicted molar refractivity (Wildman–Crippen MR) is 26.8 cm³/mol. The molecule has 0 aromatic carbocycles. The van der Waals surface area contributed by atoms with E-state index >= 15 is 0 Å². The number of primary amides is 1. The molecule has 1 fully saturated rings. The van der Waals surface area contributed by atoms with E-state index in [0.717, 1.165) is 0 Å². The van der Waals surface area contributed by atoms with E-state index in [9.17, 15) is 13.6 Å². The summed E-state index contributed by atoms with van der Waals surface area (Å²) >= 11 is 0. The third-order valence-corrected chi connectivity index (χ3v) is 1.53. The Morgan fingerprint density at radius 3 is 2.33 bits per heavy atom. The highest BCUT2D eigenvalue weighted by molar-refractivity contribution is 5.79. The first-order chi connectivity index (χ1) is 4.13. The van der Waals surface area contributed by atoms with Crippen LogP contribution in [0, 0.1) is 11.8 Å². The van der Waals surface area contributed by atoms with Crippen LogP contribution in [-0.4, -0.2) is 12.3 Å². The molecule has 0 aromatic heterocycles. The van der Waals surface area contributed by atoms with Gasteiger partial charge in [-0.05, 0) is 6.42 Å². The topological polar surface area (TPSA) is 43.1 Å². The van der Waals surface area contributed by atoms with Gasteiger partial charge in [-0.3, -0.25) is 4.79 Å². The molecule has 1 saturated carbocycles. The van der Waals surface area contributed by atoms with Crippen molar-refractivity contribution in [3.8, 4) is 0 Å². The zero-order valence-corrected chi connectivity index (χ0v) is 4.68. The van der Waals surface area contributed by atoms with Gasteiger partial charge in [0.2, 0.25) is 12.3 Å². The van der Waals surface area contributed by atoms with Gasteiger partial charge in [-0.1, -0.05) is 0 Å². The summed E-state index contributed by atoms with van der Waals surface area (Å²) in [6.45, 7) is 0. The summed E-state index contributed by atoms with van der Waals surface area (Å²) in [4.78, 5) is 10.2. The molecule has 0 radical (unpaired) electrons. The van der Waals surface area contributed by atoms with Crippen molar-refractivity contribution in [3.05, 3.63) is 0 Å². The van der Waals surface area contributed by atoms with Gasteiger partial charge in [0, 0.05) is 11.8 Å². The van der Waals surface area contributed by atoms with Crippen LogP contribution in [0.2, 0.25) is 0 Å². The molecule has 1 rings (SSSR count). The molecule has 1 amide bonds. The number of amides is 1. The first-order valence-corrected chi connectivity index (χ1v) is 2.70. The van der Waals surface area contributed by atoms with Crippen LogP contribution in [0.1, 0.15) is 6.42 Å². The minimum absolute atomic E-state index is 0.271. The Balaban J connectivity index is 2.33. The maximum absolute atomic E-state index is 11.6. The molecule has 0 heterocycles. The maximum atomic E-state index is 11.6. The second kappa shape index (κ2) is 1.93. The summed E-state index contributed by atoms with van der Waals surface area (Å²) in [5.41, 5.74) is 4.75. The quantitative estimate of drug-likeness (QED) is 0.584. The largest absolute Gasteiger partial charge is 0.369 e. The average molecular weight is 135 g/mol. The number of hydrogen-bond donors (Lipinski definition) is 1. The summed E-state index contributed by atoms with van der Waals surface area (Å²) in [5.74, 6) is -1.90. The number of carbonyl (C=O) groups is 1. The molecule has 1 aliphatic rings. The Bertz CT molecular complexity index is 137. The fourth-order valence-corrected chi connectivity index (χ4v) is 0.820. The van der Waals surface area contributed by atoms with Crippen molar-refractivity contribution in [1.29, 1.82) is 0 Å². The van der Waals surface area contributed by atoms with Crippen molar-refractivity contribution >= 4 is 5.91 Å². The predicted octanol–water partition coefficient (Wildman–Crippen LogP) is 0.373. The molecule has 0 spiro atoms. The average Bonchev–Trinajstić information content (AvgIpc) is 2.39. The molecule has 2 atom stereocenters. The van der Waals surface area contributed by atoms with Crippen LogP contribution in [-0.2, 0) is 4.79 Å². The van der Waals surface area contributed by atoms with Crippen molar-refractivity contribution in [3.63, 3.8) is 0 Å². The molecule has 2 N–H and O–H groups in total. The maximum Gasteiger partial charge on any atom is 0.242 e. The molecule has 1 aliphatic carbocycles. The molecule has 0 bridgehead atoms. The summed E-state index contributed by atoms with van der Waals surface area (Å²) in [5, 5.41) is 0. The number of halogens is 2. The van der Waals surface area contributed by atoms with Gasteiger partial charge >= 0.3 is 0 Å². The van der Waals surface area contributed by atoms with E-state index in [-0.39, 0.29) is 6.42 Å². The van der Waals surface area contributed by atoms with Crippen LogP contribution >= 0.6 is 0 Å². The lowest BCUT2D eigenvalue weighted by Crippen LogP contribution is -2.15. The molecule has 4 heteroatoms. The van der Waals surface area contributed by atoms with Crippen molar-refractivity contribution in [2.45, 2.75) is 12.8 Å². The fraction of sp³-hybridized carbons (Fsp3) is 0.800. The summed E-state index contributed by atoms with van der Waals surface area (Å²) in [6.07, 6.45) is -2.10. The Labute approximate surface area is 51.0 Å². The van der Waals surface area contributed by atoms with Crippen LogP contribution < -0.4 is 5.73 Å². The number of alkyl halides is 2. The third kappa shape index (κ3) is 1.17. The van der Waals surface area contributed by atoms with Gasteiger partial charge in [-0.25, -0.2) is 8.78 Å². The Kier molecular flexibility index (Phi) is 1.38. The fourth-order valence-electron chi connectivity index (χ4n) is 0.820. The normalized spacial score (nSPS) is 32.8. The lowest BCUT2D eigenvalue weighted by molar-refractivity contribution is -0.120. The van der Waals surface area contributed by atoms with E-state index in [1.807, 2.05) is 0 Å². The van der Waals surface area contributed by atoms with Crippen molar-refractivity contribution in [1.82, 2.24) is 0 Å². The lowest BCUT2D eigenvalue weighted by Gasteiger charge is -1.91. The molecule has 0 saturated heterocycles. The minimum atomic E-state index is -2.37. The van der Waals surface area contributed by atoms with Crippen LogP contribution in [0.15, 0.2) is 0 Å². The van der Waals surface area contributed by atoms with Crippen LogP contribution in [0.4, 0.5) is 8.78 Å². The van der Waals surface area contributed by atoms with Crippen molar-refractivity contribution in [2.24, 2.45) is 17.6 Å². The summed E-state index contributed by atoms with van der Waals surface area (Å²) in [7, 11) is 0. The lowest BCUT2D eigenvalue weighted by atomic mass is 10.3. The SMILES string of the molecule is NC(=O)[C@H]1C[C@H]1C(F)F. The molecular weight excluding hydrogens is 128 g/mol. The molecular formula is C5H7F2NO. The molecule has 0 aromatic rings. The first-order valence-electron chi connectivity index (χ1n) is 2.70. The number of rotatable bonds is 2. The summed E-state index contributed by atoms with van der Waals surface area (Å²) in [6, 6.07) is 0. The number of nitrogens with two attached hydrogens (primary N) is 1. The second-order valence-corrected chi connectivity index (χ2v) is 2.24. The van der Waals surface area contributed by atoms with Crippen molar-refractivity contribution < 1.29 is 13.6 Å². The summed E-state index contributed by atoms with van der Waals surface area (Å²) < 4.78 is 23.2. The highest BCUT2D eigenvalue weighted by atomic mass is 19.3. The second-order valence-electron chi connectivity index (χ2n) is 2.24. The molecule has 0 unspecified atom stereocenters. The Morgan fingerprint density at radius 2 is 2.22 bits per heavy atom. The zero-order chi connectivity index (χ0) is 7.02. The molecule has 9 heavy (non-hydrogen) atoms. The Hall–Kier alpha value is -0.670. The number of hydrogen-bond acceptors (Lipinski definition) is 1. The third-order valence-electron chi connectivity index (χ3n) is 1.53. The zero-order valence-electron chi connectivity index (χ0n) is 4.68. The van der Waals surface area contributed by atoms with E-state index in [2.05, 4.69) is 0 Å². The molecule has 0 aliphatic heterocycles. The van der Waals surface area contributed by atoms with Crippen LogP contribution in [0.5, 0.6) is 0 Å². The highest BCUT2D eigenvalue weighted by Crippen LogP contribution is 2.42. The van der Waals surface area contributed by atoms with E-state index < -0.39 is 24.2 Å². The van der Waals surface area contributed by atoms with Crippen LogP contribution in [0.3, 0.4) is 0 Å². The standard InChI is InChI=1S/C5H7F2NO/c6-4(7)2-1-3(2)5(8)9/h2-4H,1H2,(H2,8,9)/t2-,3+/m1/s1. The van der Waals surface area contributed by atoms with Gasteiger partial charge in [0.25, 0.3) is 0 Å². The van der Waals surface area contributed by atoms with E-state index in [4.69, 9.17) is 5.73 Å².